The molecule has 4 aromatic rings. The molecule has 4 rings (SSSR count). The summed E-state index contributed by atoms with van der Waals surface area (Å²) >= 11 is 7.02. The van der Waals surface area contributed by atoms with E-state index in [1.165, 1.54) is 50.4 Å². The second-order valence-corrected chi connectivity index (χ2v) is 11.2. The standard InChI is InChI=1S/C24H20ClN5O6S2/c1-15-3-12-20(13-21(15)30(32)33)38(34,35)29(18-8-10-19(36-2)11-9-18)14-22(31)26-24-28-27-23(37-24)16-4-6-17(25)7-5-16/h3-13H,14H2,1-2H3,(H,26,28,31). The molecule has 0 aliphatic carbocycles. The van der Waals surface area contributed by atoms with Crippen molar-refractivity contribution in [1.29, 1.82) is 0 Å². The Morgan fingerprint density at radius 3 is 2.42 bits per heavy atom. The molecule has 196 valence electrons. The highest BCUT2D eigenvalue weighted by molar-refractivity contribution is 7.92. The number of amides is 1. The van der Waals surface area contributed by atoms with Crippen molar-refractivity contribution >= 4 is 55.4 Å². The van der Waals surface area contributed by atoms with Gasteiger partial charge in [0.05, 0.1) is 22.6 Å². The van der Waals surface area contributed by atoms with Gasteiger partial charge in [-0.3, -0.25) is 24.5 Å². The first-order chi connectivity index (χ1) is 18.1. The van der Waals surface area contributed by atoms with Crippen LogP contribution in [0.4, 0.5) is 16.5 Å². The number of nitro benzene ring substituents is 1. The number of anilines is 2. The third-order valence-corrected chi connectivity index (χ3v) is 8.29. The maximum Gasteiger partial charge on any atom is 0.273 e. The van der Waals surface area contributed by atoms with Gasteiger partial charge < -0.3 is 4.74 Å². The maximum absolute atomic E-state index is 13.6. The molecule has 14 heteroatoms. The van der Waals surface area contributed by atoms with E-state index >= 15 is 0 Å². The molecule has 1 heterocycles. The predicted octanol–water partition coefficient (Wildman–Crippen LogP) is 4.92. The van der Waals surface area contributed by atoms with Gasteiger partial charge in [0.25, 0.3) is 15.7 Å². The normalized spacial score (nSPS) is 11.1. The summed E-state index contributed by atoms with van der Waals surface area (Å²) in [6, 6.07) is 16.5. The largest absolute Gasteiger partial charge is 0.497 e. The van der Waals surface area contributed by atoms with Gasteiger partial charge in [0.1, 0.15) is 17.3 Å². The molecule has 11 nitrogen and oxygen atoms in total. The molecule has 0 radical (unpaired) electrons. The number of nitrogens with one attached hydrogen (secondary N) is 1. The Morgan fingerprint density at radius 1 is 1.11 bits per heavy atom. The number of rotatable bonds is 9. The lowest BCUT2D eigenvalue weighted by atomic mass is 10.2. The molecule has 1 amide bonds. The molecule has 1 N–H and O–H groups in total. The summed E-state index contributed by atoms with van der Waals surface area (Å²) in [6.07, 6.45) is 0. The van der Waals surface area contributed by atoms with E-state index in [1.54, 1.807) is 24.3 Å². The molecule has 0 saturated heterocycles. The van der Waals surface area contributed by atoms with Gasteiger partial charge in [0.15, 0.2) is 0 Å². The van der Waals surface area contributed by atoms with E-state index in [-0.39, 0.29) is 21.4 Å². The molecule has 3 aromatic carbocycles. The van der Waals surface area contributed by atoms with Crippen molar-refractivity contribution in [3.63, 3.8) is 0 Å². The number of methoxy groups -OCH3 is 1. The van der Waals surface area contributed by atoms with Crippen LogP contribution in [0, 0.1) is 17.0 Å². The van der Waals surface area contributed by atoms with Gasteiger partial charge in [0, 0.05) is 22.2 Å². The summed E-state index contributed by atoms with van der Waals surface area (Å²) in [5.74, 6) is -0.213. The van der Waals surface area contributed by atoms with Crippen LogP contribution in [-0.4, -0.2) is 43.1 Å². The zero-order valence-corrected chi connectivity index (χ0v) is 22.4. The number of aryl methyl sites for hydroxylation is 1. The summed E-state index contributed by atoms with van der Waals surface area (Å²) in [5.41, 5.74) is 0.850. The first kappa shape index (κ1) is 27.0. The van der Waals surface area contributed by atoms with Crippen LogP contribution in [0.3, 0.4) is 0 Å². The highest BCUT2D eigenvalue weighted by atomic mass is 35.5. The van der Waals surface area contributed by atoms with Crippen molar-refractivity contribution in [3.8, 4) is 16.3 Å². The van der Waals surface area contributed by atoms with Crippen LogP contribution >= 0.6 is 22.9 Å². The van der Waals surface area contributed by atoms with Gasteiger partial charge in [-0.2, -0.15) is 0 Å². The average molecular weight is 574 g/mol. The SMILES string of the molecule is COc1ccc(N(CC(=O)Nc2nnc(-c3ccc(Cl)cc3)s2)S(=O)(=O)c2ccc(C)c([N+](=O)[O-])c2)cc1. The number of carbonyl (C=O) groups is 1. The van der Waals surface area contributed by atoms with E-state index in [9.17, 15) is 23.3 Å². The van der Waals surface area contributed by atoms with Gasteiger partial charge in [-0.25, -0.2) is 8.42 Å². The fourth-order valence-electron chi connectivity index (χ4n) is 3.41. The van der Waals surface area contributed by atoms with Crippen LogP contribution in [0.5, 0.6) is 5.75 Å². The van der Waals surface area contributed by atoms with Gasteiger partial charge in [-0.15, -0.1) is 10.2 Å². The fourth-order valence-corrected chi connectivity index (χ4v) is 5.74. The van der Waals surface area contributed by atoms with E-state index < -0.39 is 27.4 Å². The molecule has 0 saturated carbocycles. The second-order valence-electron chi connectivity index (χ2n) is 7.88. The molecule has 0 spiro atoms. The minimum absolute atomic E-state index is 0.156. The van der Waals surface area contributed by atoms with Crippen molar-refractivity contribution in [2.45, 2.75) is 11.8 Å². The zero-order valence-electron chi connectivity index (χ0n) is 20.0. The van der Waals surface area contributed by atoms with E-state index in [4.69, 9.17) is 16.3 Å². The number of ether oxygens (including phenoxy) is 1. The first-order valence-electron chi connectivity index (χ1n) is 10.9. The lowest BCUT2D eigenvalue weighted by molar-refractivity contribution is -0.385. The molecule has 0 aliphatic rings. The van der Waals surface area contributed by atoms with Crippen molar-refractivity contribution in [1.82, 2.24) is 10.2 Å². The molecule has 0 aliphatic heterocycles. The fraction of sp³-hybridized carbons (Fsp3) is 0.125. The topological polar surface area (TPSA) is 145 Å². The first-order valence-corrected chi connectivity index (χ1v) is 13.5. The van der Waals surface area contributed by atoms with Crippen LogP contribution in [0.25, 0.3) is 10.6 Å². The highest BCUT2D eigenvalue weighted by Gasteiger charge is 2.29. The van der Waals surface area contributed by atoms with Crippen molar-refractivity contribution in [2.75, 3.05) is 23.3 Å². The van der Waals surface area contributed by atoms with Crippen LogP contribution in [0.2, 0.25) is 5.02 Å². The van der Waals surface area contributed by atoms with Gasteiger partial charge in [-0.05, 0) is 49.4 Å². The van der Waals surface area contributed by atoms with Crippen molar-refractivity contribution in [3.05, 3.63) is 87.4 Å². The molecular formula is C24H20ClN5O6S2. The Labute approximate surface area is 226 Å². The van der Waals surface area contributed by atoms with Gasteiger partial charge >= 0.3 is 0 Å². The summed E-state index contributed by atoms with van der Waals surface area (Å²) in [7, 11) is -2.93. The minimum Gasteiger partial charge on any atom is -0.497 e. The Bertz CT molecular complexity index is 1590. The minimum atomic E-state index is -4.39. The Hall–Kier alpha value is -4.07. The van der Waals surface area contributed by atoms with Gasteiger partial charge in [0.2, 0.25) is 11.0 Å². The maximum atomic E-state index is 13.6. The van der Waals surface area contributed by atoms with E-state index in [2.05, 4.69) is 15.5 Å². The lowest BCUT2D eigenvalue weighted by Gasteiger charge is -2.24. The number of aromatic nitrogens is 2. The molecule has 0 unspecified atom stereocenters. The van der Waals surface area contributed by atoms with Crippen LogP contribution < -0.4 is 14.4 Å². The van der Waals surface area contributed by atoms with Crippen LogP contribution in [-0.2, 0) is 14.8 Å². The average Bonchev–Trinajstić information content (AvgIpc) is 3.36. The Kier molecular flexibility index (Phi) is 7.90. The molecule has 0 atom stereocenters. The number of hydrogen-bond donors (Lipinski definition) is 1. The highest BCUT2D eigenvalue weighted by Crippen LogP contribution is 2.30. The van der Waals surface area contributed by atoms with Gasteiger partial charge in [-0.1, -0.05) is 41.1 Å². The number of halogens is 1. The smallest absolute Gasteiger partial charge is 0.273 e. The molecule has 0 bridgehead atoms. The Balaban J connectivity index is 1.63. The molecule has 1 aromatic heterocycles. The van der Waals surface area contributed by atoms with E-state index in [1.807, 2.05) is 0 Å². The van der Waals surface area contributed by atoms with E-state index in [0.29, 0.717) is 21.3 Å². The van der Waals surface area contributed by atoms with Crippen LogP contribution in [0.15, 0.2) is 71.6 Å². The number of hydrogen-bond acceptors (Lipinski definition) is 9. The third-order valence-electron chi connectivity index (χ3n) is 5.38. The summed E-state index contributed by atoms with van der Waals surface area (Å²) in [6.45, 7) is 0.871. The monoisotopic (exact) mass is 573 g/mol. The summed E-state index contributed by atoms with van der Waals surface area (Å²) < 4.78 is 33.3. The number of benzene rings is 3. The van der Waals surface area contributed by atoms with Crippen LogP contribution in [0.1, 0.15) is 5.56 Å². The second kappa shape index (κ2) is 11.1. The van der Waals surface area contributed by atoms with Crippen molar-refractivity contribution < 1.29 is 22.9 Å². The number of sulfonamides is 1. The van der Waals surface area contributed by atoms with Crippen molar-refractivity contribution in [2.24, 2.45) is 0 Å². The number of nitrogens with zero attached hydrogens (tertiary/aromatic N) is 4. The predicted molar refractivity (Wildman–Crippen MR) is 144 cm³/mol. The zero-order chi connectivity index (χ0) is 27.4. The summed E-state index contributed by atoms with van der Waals surface area (Å²) in [4.78, 5) is 23.4. The molecule has 0 fully saturated rings. The molecular weight excluding hydrogens is 554 g/mol. The summed E-state index contributed by atoms with van der Waals surface area (Å²) in [5, 5.41) is 23.3. The molecule has 38 heavy (non-hydrogen) atoms. The quantitative estimate of drug-likeness (QED) is 0.219. The Morgan fingerprint density at radius 2 is 1.79 bits per heavy atom. The third kappa shape index (κ3) is 5.90. The van der Waals surface area contributed by atoms with E-state index in [0.717, 1.165) is 27.3 Å². The lowest BCUT2D eigenvalue weighted by Crippen LogP contribution is -2.38. The number of carbonyl (C=O) groups excluding carboxylic acids is 1. The number of nitro groups is 1.